The molecule has 0 bridgehead atoms. The Balaban J connectivity index is 1.12. The highest BCUT2D eigenvalue weighted by molar-refractivity contribution is 5.85. The van der Waals surface area contributed by atoms with E-state index in [4.69, 9.17) is 24.9 Å². The Labute approximate surface area is 313 Å². The average molecular weight is 693 g/mol. The van der Waals surface area contributed by atoms with Crippen LogP contribution >= 0.6 is 0 Å². The van der Waals surface area contributed by atoms with Crippen LogP contribution in [0.1, 0.15) is 0 Å². The summed E-state index contributed by atoms with van der Waals surface area (Å²) in [5, 5.41) is 0. The van der Waals surface area contributed by atoms with Gasteiger partial charge in [0.05, 0.1) is 22.8 Å². The summed E-state index contributed by atoms with van der Waals surface area (Å²) in [5.74, 6) is 1.88. The molecule has 0 amide bonds. The molecule has 5 aromatic carbocycles. The van der Waals surface area contributed by atoms with Crippen molar-refractivity contribution in [3.05, 3.63) is 194 Å². The first kappa shape index (κ1) is 32.5. The summed E-state index contributed by atoms with van der Waals surface area (Å²) in [6.07, 6.45) is 3.62. The molecule has 0 N–H and O–H groups in total. The third kappa shape index (κ3) is 6.79. The molecule has 0 unspecified atom stereocenters. The van der Waals surface area contributed by atoms with E-state index in [0.29, 0.717) is 17.5 Å². The van der Waals surface area contributed by atoms with Crippen LogP contribution in [-0.2, 0) is 0 Å². The zero-order valence-electron chi connectivity index (χ0n) is 29.2. The van der Waals surface area contributed by atoms with Gasteiger partial charge >= 0.3 is 0 Å². The maximum absolute atomic E-state index is 5.13. The molecule has 0 aliphatic heterocycles. The van der Waals surface area contributed by atoms with Gasteiger partial charge < -0.3 is 0 Å². The molecule has 9 rings (SSSR count). The van der Waals surface area contributed by atoms with Gasteiger partial charge in [-0.05, 0) is 70.3 Å². The van der Waals surface area contributed by atoms with Crippen molar-refractivity contribution in [2.75, 3.05) is 0 Å². The van der Waals surface area contributed by atoms with Crippen LogP contribution in [0.4, 0.5) is 0 Å². The largest absolute Gasteiger partial charge is 0.255 e. The monoisotopic (exact) mass is 692 g/mol. The SMILES string of the molecule is c1ccc(-c2cc(-c3ccccn3)nc(-c3ncccc3-c3cccc(-c4cccc(-c5nc(-c6ccccc6)nc(-c6ccccc6)n5)c4)c3)c2)cc1. The van der Waals surface area contributed by atoms with E-state index < -0.39 is 0 Å². The minimum absolute atomic E-state index is 0.614. The number of nitrogens with zero attached hydrogens (tertiary/aromatic N) is 6. The van der Waals surface area contributed by atoms with Crippen molar-refractivity contribution in [3.63, 3.8) is 0 Å². The van der Waals surface area contributed by atoms with Gasteiger partial charge in [-0.15, -0.1) is 0 Å². The number of hydrogen-bond donors (Lipinski definition) is 0. The van der Waals surface area contributed by atoms with Crippen molar-refractivity contribution in [3.8, 4) is 90.3 Å². The molecule has 0 atom stereocenters. The summed E-state index contributed by atoms with van der Waals surface area (Å²) >= 11 is 0. The molecule has 6 nitrogen and oxygen atoms in total. The Morgan fingerprint density at radius 2 is 0.759 bits per heavy atom. The van der Waals surface area contributed by atoms with E-state index in [1.165, 1.54) is 0 Å². The van der Waals surface area contributed by atoms with Crippen molar-refractivity contribution < 1.29 is 0 Å². The fraction of sp³-hybridized carbons (Fsp3) is 0. The molecule has 6 heteroatoms. The third-order valence-corrected chi connectivity index (χ3v) is 9.24. The van der Waals surface area contributed by atoms with Gasteiger partial charge in [-0.3, -0.25) is 9.97 Å². The van der Waals surface area contributed by atoms with Gasteiger partial charge in [0.1, 0.15) is 0 Å². The van der Waals surface area contributed by atoms with Crippen LogP contribution < -0.4 is 0 Å². The topological polar surface area (TPSA) is 77.3 Å². The fourth-order valence-electron chi connectivity index (χ4n) is 6.58. The minimum atomic E-state index is 0.614. The molecule has 0 saturated carbocycles. The first-order chi connectivity index (χ1) is 26.7. The fourth-order valence-corrected chi connectivity index (χ4v) is 6.58. The third-order valence-electron chi connectivity index (χ3n) is 9.24. The normalized spacial score (nSPS) is 11.0. The molecule has 0 fully saturated rings. The van der Waals surface area contributed by atoms with Crippen LogP contribution in [0.5, 0.6) is 0 Å². The van der Waals surface area contributed by atoms with Crippen molar-refractivity contribution >= 4 is 0 Å². The average Bonchev–Trinajstić information content (AvgIpc) is 3.27. The highest BCUT2D eigenvalue weighted by Crippen LogP contribution is 2.36. The van der Waals surface area contributed by atoms with Gasteiger partial charge in [0, 0.05) is 34.6 Å². The van der Waals surface area contributed by atoms with Crippen molar-refractivity contribution in [1.82, 2.24) is 29.9 Å². The summed E-state index contributed by atoms with van der Waals surface area (Å²) in [5.41, 5.74) is 12.2. The van der Waals surface area contributed by atoms with E-state index >= 15 is 0 Å². The summed E-state index contributed by atoms with van der Waals surface area (Å²) in [6.45, 7) is 0. The lowest BCUT2D eigenvalue weighted by molar-refractivity contribution is 1.07. The van der Waals surface area contributed by atoms with Crippen molar-refractivity contribution in [2.24, 2.45) is 0 Å². The van der Waals surface area contributed by atoms with Crippen LogP contribution in [0.2, 0.25) is 0 Å². The molecule has 254 valence electrons. The van der Waals surface area contributed by atoms with E-state index in [1.807, 2.05) is 109 Å². The highest BCUT2D eigenvalue weighted by atomic mass is 15.0. The maximum Gasteiger partial charge on any atom is 0.164 e. The molecule has 4 aromatic heterocycles. The zero-order chi connectivity index (χ0) is 36.1. The van der Waals surface area contributed by atoms with Gasteiger partial charge in [-0.25, -0.2) is 19.9 Å². The summed E-state index contributed by atoms with van der Waals surface area (Å²) < 4.78 is 0. The van der Waals surface area contributed by atoms with Crippen LogP contribution in [0.3, 0.4) is 0 Å². The number of pyridine rings is 3. The van der Waals surface area contributed by atoms with Crippen LogP contribution in [-0.4, -0.2) is 29.9 Å². The van der Waals surface area contributed by atoms with E-state index in [0.717, 1.165) is 72.8 Å². The second-order valence-corrected chi connectivity index (χ2v) is 12.8. The maximum atomic E-state index is 5.13. The summed E-state index contributed by atoms with van der Waals surface area (Å²) in [4.78, 5) is 29.4. The highest BCUT2D eigenvalue weighted by Gasteiger charge is 2.16. The van der Waals surface area contributed by atoms with Gasteiger partial charge in [0.25, 0.3) is 0 Å². The predicted octanol–water partition coefficient (Wildman–Crippen LogP) is 11.4. The number of benzene rings is 5. The molecule has 0 saturated heterocycles. The van der Waals surface area contributed by atoms with E-state index in [1.54, 1.807) is 6.20 Å². The van der Waals surface area contributed by atoms with Gasteiger partial charge in [0.15, 0.2) is 17.5 Å². The van der Waals surface area contributed by atoms with Gasteiger partial charge in [-0.2, -0.15) is 0 Å². The first-order valence-corrected chi connectivity index (χ1v) is 17.8. The molecule has 4 heterocycles. The molecule has 54 heavy (non-hydrogen) atoms. The standard InChI is InChI=1S/C48H32N6/c1-4-15-33(16-5-1)40-31-43(42-26-10-11-27-49-42)51-44(32-40)45-41(25-14-28-50-45)38-23-12-21-36(29-38)37-22-13-24-39(30-37)48-53-46(34-17-6-2-7-18-34)52-47(54-48)35-19-8-3-9-20-35/h1-32H. The number of rotatable bonds is 8. The Morgan fingerprint density at radius 1 is 0.259 bits per heavy atom. The van der Waals surface area contributed by atoms with E-state index in [9.17, 15) is 0 Å². The van der Waals surface area contributed by atoms with Crippen LogP contribution in [0.25, 0.3) is 90.3 Å². The molecular weight excluding hydrogens is 661 g/mol. The van der Waals surface area contributed by atoms with Gasteiger partial charge in [0.2, 0.25) is 0 Å². The quantitative estimate of drug-likeness (QED) is 0.158. The van der Waals surface area contributed by atoms with Crippen molar-refractivity contribution in [2.45, 2.75) is 0 Å². The van der Waals surface area contributed by atoms with Crippen LogP contribution in [0, 0.1) is 0 Å². The second kappa shape index (κ2) is 14.7. The summed E-state index contributed by atoms with van der Waals surface area (Å²) in [7, 11) is 0. The number of aromatic nitrogens is 6. The lowest BCUT2D eigenvalue weighted by atomic mass is 9.95. The lowest BCUT2D eigenvalue weighted by Crippen LogP contribution is -2.00. The van der Waals surface area contributed by atoms with Crippen LogP contribution in [0.15, 0.2) is 194 Å². The Hall–Kier alpha value is -7.44. The first-order valence-electron chi connectivity index (χ1n) is 17.8. The Morgan fingerprint density at radius 3 is 1.39 bits per heavy atom. The molecule has 0 radical (unpaired) electrons. The summed E-state index contributed by atoms with van der Waals surface area (Å²) in [6, 6.07) is 61.5. The minimum Gasteiger partial charge on any atom is -0.255 e. The molecule has 0 spiro atoms. The molecule has 9 aromatic rings. The number of hydrogen-bond acceptors (Lipinski definition) is 6. The Kier molecular flexibility index (Phi) is 8.81. The zero-order valence-corrected chi connectivity index (χ0v) is 29.2. The lowest BCUT2D eigenvalue weighted by Gasteiger charge is -2.13. The molecular formula is C48H32N6. The molecule has 0 aliphatic rings. The van der Waals surface area contributed by atoms with E-state index in [2.05, 4.69) is 83.8 Å². The van der Waals surface area contributed by atoms with E-state index in [-0.39, 0.29) is 0 Å². The van der Waals surface area contributed by atoms with Gasteiger partial charge in [-0.1, -0.05) is 140 Å². The second-order valence-electron chi connectivity index (χ2n) is 12.8. The molecule has 0 aliphatic carbocycles. The smallest absolute Gasteiger partial charge is 0.164 e. The van der Waals surface area contributed by atoms with Crippen molar-refractivity contribution in [1.29, 1.82) is 0 Å². The predicted molar refractivity (Wildman–Crippen MR) is 217 cm³/mol. The Bertz CT molecular complexity index is 2590.